The van der Waals surface area contributed by atoms with Crippen molar-refractivity contribution in [1.82, 2.24) is 0 Å². The molecule has 0 aromatic carbocycles. The molecule has 0 bridgehead atoms. The van der Waals surface area contributed by atoms with Crippen LogP contribution in [-0.2, 0) is 0 Å². The summed E-state index contributed by atoms with van der Waals surface area (Å²) in [7, 11) is 0. The van der Waals surface area contributed by atoms with Crippen LogP contribution in [0.3, 0.4) is 0 Å². The lowest BCUT2D eigenvalue weighted by molar-refractivity contribution is -0.290. The summed E-state index contributed by atoms with van der Waals surface area (Å²) in [5.74, 6) is 4.37. The third-order valence-corrected chi connectivity index (χ3v) is 11.5. The summed E-state index contributed by atoms with van der Waals surface area (Å²) in [5.41, 5.74) is -2.07. The summed E-state index contributed by atoms with van der Waals surface area (Å²) in [4.78, 5) is 0. The number of alkyl halides is 3. The van der Waals surface area contributed by atoms with Gasteiger partial charge in [-0.2, -0.15) is 13.2 Å². The van der Waals surface area contributed by atoms with Gasteiger partial charge in [0.15, 0.2) is 5.60 Å². The van der Waals surface area contributed by atoms with Crippen LogP contribution in [0.1, 0.15) is 112 Å². The van der Waals surface area contributed by atoms with E-state index in [0.717, 1.165) is 36.5 Å². The van der Waals surface area contributed by atoms with Crippen LogP contribution in [0, 0.1) is 52.3 Å². The SMILES string of the molecule is CC(C)CCC[C@@H](C)[C@H]1CC[C@@H]2[C@@H]3CC[C@H]4C[C@](O)(C(F)(F)F)CC[C@]4(C)[C@H]3CC[C@@]21C. The Labute approximate surface area is 194 Å². The molecule has 4 rings (SSSR count). The highest BCUT2D eigenvalue weighted by atomic mass is 19.4. The number of aliphatic hydroxyl groups is 1. The molecular weight excluding hydrogens is 409 g/mol. The molecule has 0 aromatic heterocycles. The highest BCUT2D eigenvalue weighted by Gasteiger charge is 2.65. The Bertz CT molecular complexity index is 674. The molecule has 32 heavy (non-hydrogen) atoms. The van der Waals surface area contributed by atoms with Gasteiger partial charge in [-0.3, -0.25) is 0 Å². The van der Waals surface area contributed by atoms with Crippen LogP contribution in [0.25, 0.3) is 0 Å². The number of halogens is 3. The van der Waals surface area contributed by atoms with Crippen LogP contribution in [0.4, 0.5) is 13.2 Å². The molecule has 0 saturated heterocycles. The Morgan fingerprint density at radius 1 is 0.844 bits per heavy atom. The van der Waals surface area contributed by atoms with Gasteiger partial charge in [0, 0.05) is 0 Å². The first kappa shape index (κ1) is 24.9. The van der Waals surface area contributed by atoms with E-state index in [1.165, 1.54) is 44.9 Å². The lowest BCUT2D eigenvalue weighted by Gasteiger charge is -2.62. The van der Waals surface area contributed by atoms with Gasteiger partial charge in [-0.05, 0) is 110 Å². The van der Waals surface area contributed by atoms with Gasteiger partial charge in [0.25, 0.3) is 0 Å². The molecule has 4 aliphatic carbocycles. The predicted octanol–water partition coefficient (Wildman–Crippen LogP) is 8.40. The largest absolute Gasteiger partial charge is 0.417 e. The molecule has 4 aliphatic rings. The minimum atomic E-state index is -4.50. The summed E-state index contributed by atoms with van der Waals surface area (Å²) in [5, 5.41) is 10.4. The Balaban J connectivity index is 1.47. The first-order valence-corrected chi connectivity index (χ1v) is 13.6. The monoisotopic (exact) mass is 456 g/mol. The van der Waals surface area contributed by atoms with Crippen molar-refractivity contribution in [3.05, 3.63) is 0 Å². The van der Waals surface area contributed by atoms with Gasteiger partial charge >= 0.3 is 6.18 Å². The van der Waals surface area contributed by atoms with Gasteiger partial charge in [-0.15, -0.1) is 0 Å². The molecule has 4 heteroatoms. The van der Waals surface area contributed by atoms with Crippen molar-refractivity contribution in [1.29, 1.82) is 0 Å². The molecule has 0 amide bonds. The van der Waals surface area contributed by atoms with E-state index < -0.39 is 11.8 Å². The summed E-state index contributed by atoms with van der Waals surface area (Å²) in [6.07, 6.45) is 6.92. The van der Waals surface area contributed by atoms with Crippen LogP contribution >= 0.6 is 0 Å². The van der Waals surface area contributed by atoms with Crippen LogP contribution in [-0.4, -0.2) is 16.9 Å². The first-order valence-electron chi connectivity index (χ1n) is 13.6. The summed E-state index contributed by atoms with van der Waals surface area (Å²) in [6, 6.07) is 0. The molecule has 1 nitrogen and oxygen atoms in total. The lowest BCUT2D eigenvalue weighted by atomic mass is 9.43. The van der Waals surface area contributed by atoms with Gasteiger partial charge < -0.3 is 5.11 Å². The zero-order valence-electron chi connectivity index (χ0n) is 21.1. The lowest BCUT2D eigenvalue weighted by Crippen LogP contribution is -2.59. The van der Waals surface area contributed by atoms with Crippen molar-refractivity contribution in [3.63, 3.8) is 0 Å². The van der Waals surface area contributed by atoms with Crippen LogP contribution in [0.5, 0.6) is 0 Å². The molecular formula is C28H47F3O. The molecule has 0 unspecified atom stereocenters. The fourth-order valence-electron chi connectivity index (χ4n) is 9.53. The van der Waals surface area contributed by atoms with Crippen molar-refractivity contribution >= 4 is 0 Å². The third-order valence-electron chi connectivity index (χ3n) is 11.5. The van der Waals surface area contributed by atoms with E-state index in [1.807, 2.05) is 0 Å². The first-order chi connectivity index (χ1) is 14.8. The number of fused-ring (bicyclic) bond motifs is 5. The molecule has 0 aliphatic heterocycles. The average Bonchev–Trinajstić information content (AvgIpc) is 3.04. The second-order valence-electron chi connectivity index (χ2n) is 13.4. The third kappa shape index (κ3) is 3.97. The van der Waals surface area contributed by atoms with Gasteiger partial charge in [-0.25, -0.2) is 0 Å². The molecule has 1 N–H and O–H groups in total. The molecule has 186 valence electrons. The molecule has 0 heterocycles. The normalized spacial score (nSPS) is 47.6. The Morgan fingerprint density at radius 2 is 1.53 bits per heavy atom. The summed E-state index contributed by atoms with van der Waals surface area (Å²) in [6.45, 7) is 12.0. The van der Waals surface area contributed by atoms with Crippen LogP contribution in [0.15, 0.2) is 0 Å². The maximum atomic E-state index is 13.6. The summed E-state index contributed by atoms with van der Waals surface area (Å²) >= 11 is 0. The van der Waals surface area contributed by atoms with Crippen molar-refractivity contribution in [2.45, 2.75) is 123 Å². The van der Waals surface area contributed by atoms with Crippen LogP contribution in [0.2, 0.25) is 0 Å². The fourth-order valence-corrected chi connectivity index (χ4v) is 9.53. The van der Waals surface area contributed by atoms with Gasteiger partial charge in [0.05, 0.1) is 0 Å². The minimum Gasteiger partial charge on any atom is -0.380 e. The Morgan fingerprint density at radius 3 is 2.19 bits per heavy atom. The fraction of sp³-hybridized carbons (Fsp3) is 1.00. The second kappa shape index (κ2) is 8.45. The van der Waals surface area contributed by atoms with Gasteiger partial charge in [0.1, 0.15) is 0 Å². The molecule has 0 radical (unpaired) electrons. The standard InChI is InChI=1S/C28H47F3O/c1-18(2)7-6-8-19(3)22-11-12-23-21-10-9-20-17-27(32,28(29,30)31)16-15-25(20,4)24(21)13-14-26(22,23)5/h18-24,32H,6-17H2,1-5H3/t19-,20+,21+,22-,23-,24+,25+,26-,27+/m1/s1. The van der Waals surface area contributed by atoms with E-state index in [-0.39, 0.29) is 24.2 Å². The molecule has 4 saturated carbocycles. The smallest absolute Gasteiger partial charge is 0.380 e. The number of rotatable bonds is 5. The van der Waals surface area contributed by atoms with Crippen molar-refractivity contribution in [2.24, 2.45) is 52.3 Å². The van der Waals surface area contributed by atoms with E-state index in [9.17, 15) is 18.3 Å². The van der Waals surface area contributed by atoms with E-state index >= 15 is 0 Å². The average molecular weight is 457 g/mol. The quantitative estimate of drug-likeness (QED) is 0.440. The zero-order chi connectivity index (χ0) is 23.5. The molecule has 4 fully saturated rings. The van der Waals surface area contributed by atoms with Gasteiger partial charge in [-0.1, -0.05) is 53.9 Å². The number of hydrogen-bond acceptors (Lipinski definition) is 1. The number of hydrogen-bond donors (Lipinski definition) is 1. The maximum absolute atomic E-state index is 13.6. The molecule has 0 spiro atoms. The summed E-state index contributed by atoms with van der Waals surface area (Å²) < 4.78 is 40.7. The molecule has 9 atom stereocenters. The second-order valence-corrected chi connectivity index (χ2v) is 13.4. The molecule has 0 aromatic rings. The topological polar surface area (TPSA) is 20.2 Å². The van der Waals surface area contributed by atoms with Crippen molar-refractivity contribution in [3.8, 4) is 0 Å². The van der Waals surface area contributed by atoms with Crippen molar-refractivity contribution < 1.29 is 18.3 Å². The van der Waals surface area contributed by atoms with E-state index in [2.05, 4.69) is 34.6 Å². The zero-order valence-corrected chi connectivity index (χ0v) is 21.1. The highest BCUT2D eigenvalue weighted by Crippen LogP contribution is 2.69. The maximum Gasteiger partial charge on any atom is 0.417 e. The van der Waals surface area contributed by atoms with Crippen molar-refractivity contribution in [2.75, 3.05) is 0 Å². The van der Waals surface area contributed by atoms with Gasteiger partial charge in [0.2, 0.25) is 0 Å². The van der Waals surface area contributed by atoms with E-state index in [4.69, 9.17) is 0 Å². The highest BCUT2D eigenvalue weighted by molar-refractivity contribution is 5.11. The van der Waals surface area contributed by atoms with E-state index in [1.54, 1.807) is 0 Å². The Hall–Kier alpha value is -0.250. The van der Waals surface area contributed by atoms with Crippen LogP contribution < -0.4 is 0 Å². The Kier molecular flexibility index (Phi) is 6.57. The predicted molar refractivity (Wildman–Crippen MR) is 124 cm³/mol. The van der Waals surface area contributed by atoms with E-state index in [0.29, 0.717) is 23.7 Å². The minimum absolute atomic E-state index is 0.0145.